The van der Waals surface area contributed by atoms with Gasteiger partial charge >= 0.3 is 0 Å². The molecular formula is C19H26N2O2. The molecule has 0 saturated carbocycles. The van der Waals surface area contributed by atoms with Crippen LogP contribution in [0.15, 0.2) is 6.07 Å². The number of benzene rings is 1. The highest BCUT2D eigenvalue weighted by Crippen LogP contribution is 2.38. The van der Waals surface area contributed by atoms with Gasteiger partial charge in [-0.1, -0.05) is 6.07 Å². The minimum absolute atomic E-state index is 0.172. The van der Waals surface area contributed by atoms with Crippen LogP contribution in [-0.4, -0.2) is 43.7 Å². The molecule has 1 aromatic carbocycles. The van der Waals surface area contributed by atoms with Crippen LogP contribution in [0.25, 0.3) is 0 Å². The zero-order valence-electron chi connectivity index (χ0n) is 13.8. The Morgan fingerprint density at radius 3 is 2.35 bits per heavy atom. The molecular weight excluding hydrogens is 288 g/mol. The molecule has 1 fully saturated rings. The van der Waals surface area contributed by atoms with E-state index in [0.29, 0.717) is 6.42 Å². The van der Waals surface area contributed by atoms with Gasteiger partial charge in [0.15, 0.2) is 0 Å². The monoisotopic (exact) mass is 314 g/mol. The molecule has 4 heteroatoms. The molecule has 2 aliphatic carbocycles. The minimum Gasteiger partial charge on any atom is -0.379 e. The molecule has 1 saturated heterocycles. The second kappa shape index (κ2) is 6.62. The van der Waals surface area contributed by atoms with Crippen LogP contribution in [0.2, 0.25) is 0 Å². The summed E-state index contributed by atoms with van der Waals surface area (Å²) in [6.07, 6.45) is 7.66. The van der Waals surface area contributed by atoms with Crippen molar-refractivity contribution >= 4 is 11.6 Å². The van der Waals surface area contributed by atoms with Crippen LogP contribution in [0.4, 0.5) is 5.69 Å². The van der Waals surface area contributed by atoms with Crippen LogP contribution in [0.5, 0.6) is 0 Å². The first-order valence-corrected chi connectivity index (χ1v) is 9.08. The maximum absolute atomic E-state index is 12.5. The van der Waals surface area contributed by atoms with Gasteiger partial charge in [0.25, 0.3) is 0 Å². The molecule has 0 aromatic heterocycles. The van der Waals surface area contributed by atoms with Gasteiger partial charge in [-0.05, 0) is 60.8 Å². The number of nitrogens with one attached hydrogen (secondary N) is 1. The smallest absolute Gasteiger partial charge is 0.225 e. The molecule has 0 unspecified atom stereocenters. The average Bonchev–Trinajstić information content (AvgIpc) is 3.22. The lowest BCUT2D eigenvalue weighted by atomic mass is 9.98. The van der Waals surface area contributed by atoms with Crippen LogP contribution < -0.4 is 5.32 Å². The molecule has 23 heavy (non-hydrogen) atoms. The maximum atomic E-state index is 12.5. The molecule has 1 amide bonds. The summed E-state index contributed by atoms with van der Waals surface area (Å²) in [6.45, 7) is 4.32. The van der Waals surface area contributed by atoms with Gasteiger partial charge in [0.2, 0.25) is 5.91 Å². The molecule has 4 nitrogen and oxygen atoms in total. The van der Waals surface area contributed by atoms with Gasteiger partial charge < -0.3 is 10.1 Å². The predicted octanol–water partition coefficient (Wildman–Crippen LogP) is 2.32. The first-order valence-electron chi connectivity index (χ1n) is 9.08. The van der Waals surface area contributed by atoms with Crippen molar-refractivity contribution in [3.63, 3.8) is 0 Å². The van der Waals surface area contributed by atoms with Crippen molar-refractivity contribution in [2.24, 2.45) is 0 Å². The van der Waals surface area contributed by atoms with E-state index in [1.165, 1.54) is 53.6 Å². The SMILES string of the molecule is O=C(CCN1CCOCC1)Nc1c2c(cc3c1CCC3)CCC2. The van der Waals surface area contributed by atoms with Crippen molar-refractivity contribution in [3.05, 3.63) is 28.3 Å². The summed E-state index contributed by atoms with van der Waals surface area (Å²) in [5.41, 5.74) is 6.98. The van der Waals surface area contributed by atoms with E-state index in [1.54, 1.807) is 0 Å². The van der Waals surface area contributed by atoms with E-state index in [0.717, 1.165) is 45.7 Å². The fraction of sp³-hybridized carbons (Fsp3) is 0.632. The largest absolute Gasteiger partial charge is 0.379 e. The summed E-state index contributed by atoms with van der Waals surface area (Å²) < 4.78 is 5.36. The van der Waals surface area contributed by atoms with E-state index in [-0.39, 0.29) is 5.91 Å². The van der Waals surface area contributed by atoms with E-state index in [1.807, 2.05) is 0 Å². The van der Waals surface area contributed by atoms with Gasteiger partial charge in [0.1, 0.15) is 0 Å². The number of morpholine rings is 1. The van der Waals surface area contributed by atoms with E-state index >= 15 is 0 Å². The number of nitrogens with zero attached hydrogens (tertiary/aromatic N) is 1. The molecule has 0 atom stereocenters. The molecule has 124 valence electrons. The van der Waals surface area contributed by atoms with Crippen LogP contribution in [0.3, 0.4) is 0 Å². The number of anilines is 1. The normalized spacial score (nSPS) is 20.3. The third-order valence-corrected chi connectivity index (χ3v) is 5.50. The van der Waals surface area contributed by atoms with Gasteiger partial charge in [-0.15, -0.1) is 0 Å². The van der Waals surface area contributed by atoms with Crippen molar-refractivity contribution in [2.45, 2.75) is 44.9 Å². The molecule has 0 bridgehead atoms. The summed E-state index contributed by atoms with van der Waals surface area (Å²) in [4.78, 5) is 14.8. The molecule has 1 N–H and O–H groups in total. The summed E-state index contributed by atoms with van der Waals surface area (Å²) in [5.74, 6) is 0.172. The van der Waals surface area contributed by atoms with Gasteiger partial charge in [0, 0.05) is 31.7 Å². The Labute approximate surface area is 138 Å². The minimum atomic E-state index is 0.172. The standard InChI is InChI=1S/C19H26N2O2/c22-18(7-8-21-9-11-23-12-10-21)20-19-16-5-1-3-14(16)13-15-4-2-6-17(15)19/h13H,1-12H2,(H,20,22). The van der Waals surface area contributed by atoms with E-state index in [2.05, 4.69) is 16.3 Å². The lowest BCUT2D eigenvalue weighted by Crippen LogP contribution is -2.38. The van der Waals surface area contributed by atoms with Gasteiger partial charge in [-0.3, -0.25) is 9.69 Å². The Hall–Kier alpha value is -1.39. The Balaban J connectivity index is 1.45. The Bertz CT molecular complexity index is 574. The highest BCUT2D eigenvalue weighted by molar-refractivity contribution is 5.93. The molecule has 1 aliphatic heterocycles. The Kier molecular flexibility index (Phi) is 4.36. The molecule has 0 radical (unpaired) electrons. The quantitative estimate of drug-likeness (QED) is 0.927. The van der Waals surface area contributed by atoms with E-state index in [4.69, 9.17) is 4.74 Å². The van der Waals surface area contributed by atoms with Crippen LogP contribution in [-0.2, 0) is 35.2 Å². The third kappa shape index (κ3) is 3.15. The summed E-state index contributed by atoms with van der Waals surface area (Å²) in [5, 5.41) is 3.29. The van der Waals surface area contributed by atoms with Gasteiger partial charge in [0.05, 0.1) is 13.2 Å². The lowest BCUT2D eigenvalue weighted by molar-refractivity contribution is -0.116. The van der Waals surface area contributed by atoms with Gasteiger partial charge in [-0.25, -0.2) is 0 Å². The highest BCUT2D eigenvalue weighted by Gasteiger charge is 2.25. The number of hydrogen-bond acceptors (Lipinski definition) is 3. The second-order valence-corrected chi connectivity index (χ2v) is 6.99. The predicted molar refractivity (Wildman–Crippen MR) is 91.0 cm³/mol. The average molecular weight is 314 g/mol. The molecule has 3 aliphatic rings. The number of amides is 1. The number of rotatable bonds is 4. The summed E-state index contributed by atoms with van der Waals surface area (Å²) in [7, 11) is 0. The molecule has 4 rings (SSSR count). The first kappa shape index (κ1) is 15.2. The van der Waals surface area contributed by atoms with Crippen molar-refractivity contribution in [3.8, 4) is 0 Å². The molecule has 1 aromatic rings. The molecule has 1 heterocycles. The Morgan fingerprint density at radius 2 is 1.70 bits per heavy atom. The third-order valence-electron chi connectivity index (χ3n) is 5.50. The lowest BCUT2D eigenvalue weighted by Gasteiger charge is -2.26. The fourth-order valence-corrected chi connectivity index (χ4v) is 4.25. The topological polar surface area (TPSA) is 41.6 Å². The zero-order chi connectivity index (χ0) is 15.6. The van der Waals surface area contributed by atoms with Crippen LogP contribution in [0, 0.1) is 0 Å². The second-order valence-electron chi connectivity index (χ2n) is 6.99. The van der Waals surface area contributed by atoms with Crippen molar-refractivity contribution in [1.82, 2.24) is 4.90 Å². The number of carbonyl (C=O) groups excluding carboxylic acids is 1. The fourth-order valence-electron chi connectivity index (χ4n) is 4.25. The van der Waals surface area contributed by atoms with Crippen LogP contribution >= 0.6 is 0 Å². The van der Waals surface area contributed by atoms with E-state index in [9.17, 15) is 4.79 Å². The Morgan fingerprint density at radius 1 is 1.04 bits per heavy atom. The summed E-state index contributed by atoms with van der Waals surface area (Å²) in [6, 6.07) is 2.41. The van der Waals surface area contributed by atoms with Gasteiger partial charge in [-0.2, -0.15) is 0 Å². The summed E-state index contributed by atoms with van der Waals surface area (Å²) >= 11 is 0. The zero-order valence-corrected chi connectivity index (χ0v) is 13.8. The van der Waals surface area contributed by atoms with Crippen molar-refractivity contribution < 1.29 is 9.53 Å². The number of fused-ring (bicyclic) bond motifs is 2. The number of aryl methyl sites for hydroxylation is 2. The first-order chi connectivity index (χ1) is 11.3. The van der Waals surface area contributed by atoms with Crippen LogP contribution in [0.1, 0.15) is 41.5 Å². The van der Waals surface area contributed by atoms with Crippen molar-refractivity contribution in [2.75, 3.05) is 38.2 Å². The maximum Gasteiger partial charge on any atom is 0.225 e. The molecule has 0 spiro atoms. The number of ether oxygens (including phenoxy) is 1. The number of carbonyl (C=O) groups is 1. The number of hydrogen-bond donors (Lipinski definition) is 1. The van der Waals surface area contributed by atoms with Crippen molar-refractivity contribution in [1.29, 1.82) is 0 Å². The highest BCUT2D eigenvalue weighted by atomic mass is 16.5. The van der Waals surface area contributed by atoms with E-state index < -0.39 is 0 Å².